The summed E-state index contributed by atoms with van der Waals surface area (Å²) in [6, 6.07) is 0. The Kier molecular flexibility index (Phi) is 45.2. The zero-order chi connectivity index (χ0) is 45.6. The van der Waals surface area contributed by atoms with Crippen LogP contribution in [0.1, 0.15) is 252 Å². The molecule has 0 aromatic carbocycles. The second-order valence-electron chi connectivity index (χ2n) is 18.5. The predicted molar refractivity (Wildman–Crippen MR) is 268 cm³/mol. The van der Waals surface area contributed by atoms with Crippen LogP contribution in [0.25, 0.3) is 0 Å². The maximum Gasteiger partial charge on any atom is 0.306 e. The smallest absolute Gasteiger partial charge is 0.306 e. The fourth-order valence-corrected chi connectivity index (χ4v) is 8.17. The number of allylic oxidation sites excluding steroid dienone is 1. The van der Waals surface area contributed by atoms with Gasteiger partial charge in [-0.3, -0.25) is 14.6 Å². The third kappa shape index (κ3) is 41.9. The van der Waals surface area contributed by atoms with Crippen molar-refractivity contribution in [1.82, 2.24) is 20.7 Å². The van der Waals surface area contributed by atoms with E-state index in [1.165, 1.54) is 154 Å². The van der Waals surface area contributed by atoms with Crippen molar-refractivity contribution in [3.63, 3.8) is 0 Å². The number of nitrogens with one attached hydrogen (secondary N) is 2. The molecule has 0 fully saturated rings. The Bertz CT molecular complexity index is 1020. The minimum Gasteiger partial charge on any atom is -0.462 e. The highest BCUT2D eigenvalue weighted by atomic mass is 16.5. The van der Waals surface area contributed by atoms with Gasteiger partial charge in [-0.15, -0.1) is 0 Å². The summed E-state index contributed by atoms with van der Waals surface area (Å²) in [5.41, 5.74) is 4.19. The van der Waals surface area contributed by atoms with E-state index >= 15 is 0 Å². The zero-order valence-electron chi connectivity index (χ0n) is 42.4. The van der Waals surface area contributed by atoms with Crippen molar-refractivity contribution in [3.05, 3.63) is 11.9 Å². The fourth-order valence-electron chi connectivity index (χ4n) is 8.17. The molecular formula is C53H105N5O4. The number of ether oxygens (including phenoxy) is 2. The Morgan fingerprint density at radius 3 is 1.34 bits per heavy atom. The highest BCUT2D eigenvalue weighted by Crippen LogP contribution is 2.19. The lowest BCUT2D eigenvalue weighted by molar-refractivity contribution is -0.150. The number of rotatable bonds is 48. The highest BCUT2D eigenvalue weighted by Gasteiger charge is 2.15. The number of carbonyl (C=O) groups is 2. The molecule has 0 amide bonds. The first-order chi connectivity index (χ1) is 30.3. The number of hydrogen-bond donors (Lipinski definition) is 2. The lowest BCUT2D eigenvalue weighted by Crippen LogP contribution is -2.31. The second kappa shape index (κ2) is 46.9. The molecule has 0 radical (unpaired) electrons. The van der Waals surface area contributed by atoms with Gasteiger partial charge in [0.25, 0.3) is 0 Å². The maximum atomic E-state index is 12.9. The first-order valence-corrected chi connectivity index (χ1v) is 26.7. The van der Waals surface area contributed by atoms with Crippen LogP contribution in [0.2, 0.25) is 0 Å². The quantitative estimate of drug-likeness (QED) is 0.0270. The van der Waals surface area contributed by atoms with Crippen LogP contribution in [0, 0.1) is 0 Å². The molecule has 0 spiro atoms. The molecule has 0 rings (SSSR count). The molecule has 0 bridgehead atoms. The van der Waals surface area contributed by atoms with E-state index in [0.29, 0.717) is 12.8 Å². The minimum absolute atomic E-state index is 0.00509. The summed E-state index contributed by atoms with van der Waals surface area (Å²) in [5.74, 6) is 0.0193. The molecular weight excluding hydrogens is 771 g/mol. The molecule has 0 saturated heterocycles. The van der Waals surface area contributed by atoms with Crippen LogP contribution >= 0.6 is 0 Å². The summed E-state index contributed by atoms with van der Waals surface area (Å²) in [6.07, 6.45) is 44.4. The van der Waals surface area contributed by atoms with Gasteiger partial charge in [0, 0.05) is 52.9 Å². The number of esters is 2. The van der Waals surface area contributed by atoms with E-state index < -0.39 is 0 Å². The average molecular weight is 876 g/mol. The van der Waals surface area contributed by atoms with Crippen LogP contribution in [0.3, 0.4) is 0 Å². The summed E-state index contributed by atoms with van der Waals surface area (Å²) in [7, 11) is 5.75. The summed E-state index contributed by atoms with van der Waals surface area (Å²) in [4.78, 5) is 32.3. The van der Waals surface area contributed by atoms with Crippen LogP contribution < -0.4 is 10.7 Å². The molecule has 2 N–H and O–H groups in total. The van der Waals surface area contributed by atoms with Crippen LogP contribution in [-0.4, -0.2) is 87.6 Å². The van der Waals surface area contributed by atoms with Crippen molar-refractivity contribution in [3.8, 4) is 0 Å². The van der Waals surface area contributed by atoms with Crippen molar-refractivity contribution in [1.29, 1.82) is 0 Å². The number of nitrogens with zero attached hydrogens (tertiary/aromatic N) is 3. The van der Waals surface area contributed by atoms with Gasteiger partial charge >= 0.3 is 11.9 Å². The fraction of sp³-hybridized carbons (Fsp3) is 0.906. The summed E-state index contributed by atoms with van der Waals surface area (Å²) in [6.45, 7) is 13.1. The van der Waals surface area contributed by atoms with Gasteiger partial charge in [-0.1, -0.05) is 163 Å². The molecule has 62 heavy (non-hydrogen) atoms. The van der Waals surface area contributed by atoms with E-state index in [-0.39, 0.29) is 24.1 Å². The van der Waals surface area contributed by atoms with Crippen molar-refractivity contribution < 1.29 is 19.1 Å². The first-order valence-electron chi connectivity index (χ1n) is 26.7. The molecule has 9 nitrogen and oxygen atoms in total. The van der Waals surface area contributed by atoms with Crippen LogP contribution in [0.5, 0.6) is 0 Å². The van der Waals surface area contributed by atoms with Gasteiger partial charge < -0.3 is 25.1 Å². The van der Waals surface area contributed by atoms with Gasteiger partial charge in [-0.25, -0.2) is 5.01 Å². The lowest BCUT2D eigenvalue weighted by Gasteiger charge is -2.23. The third-order valence-electron chi connectivity index (χ3n) is 12.1. The molecule has 1 atom stereocenters. The van der Waals surface area contributed by atoms with Gasteiger partial charge in [0.15, 0.2) is 0 Å². The largest absolute Gasteiger partial charge is 0.462 e. The van der Waals surface area contributed by atoms with Crippen LogP contribution in [0.4, 0.5) is 0 Å². The lowest BCUT2D eigenvalue weighted by atomic mass is 10.0. The van der Waals surface area contributed by atoms with Crippen molar-refractivity contribution >= 4 is 18.2 Å². The first kappa shape index (κ1) is 59.9. The highest BCUT2D eigenvalue weighted by molar-refractivity contribution is 5.77. The Labute approximate surface area is 385 Å². The number of hydrazine groups is 1. The molecule has 0 aliphatic carbocycles. The van der Waals surface area contributed by atoms with E-state index in [1.54, 1.807) is 7.05 Å². The minimum atomic E-state index is -0.00509. The van der Waals surface area contributed by atoms with E-state index in [4.69, 9.17) is 9.47 Å². The van der Waals surface area contributed by atoms with Gasteiger partial charge in [-0.2, -0.15) is 0 Å². The third-order valence-corrected chi connectivity index (χ3v) is 12.1. The maximum absolute atomic E-state index is 12.9. The van der Waals surface area contributed by atoms with E-state index in [1.807, 2.05) is 31.5 Å². The molecule has 0 heterocycles. The summed E-state index contributed by atoms with van der Waals surface area (Å²) in [5, 5.41) is 5.45. The normalized spacial score (nSPS) is 12.6. The topological polar surface area (TPSA) is 95.5 Å². The Morgan fingerprint density at radius 1 is 0.516 bits per heavy atom. The van der Waals surface area contributed by atoms with E-state index in [9.17, 15) is 9.59 Å². The molecule has 9 heteroatoms. The van der Waals surface area contributed by atoms with Crippen LogP contribution in [-0.2, 0) is 19.1 Å². The number of unbranched alkanes of at least 4 members (excludes halogenated alkanes) is 23. The number of hydrogen-bond acceptors (Lipinski definition) is 9. The second-order valence-corrected chi connectivity index (χ2v) is 18.5. The number of aliphatic imine (C=N–C) groups is 1. The molecule has 0 saturated carbocycles. The number of carbonyl (C=O) groups excluding carboxylic acids is 2. The van der Waals surface area contributed by atoms with Crippen LogP contribution in [0.15, 0.2) is 16.9 Å². The summed E-state index contributed by atoms with van der Waals surface area (Å²) >= 11 is 0. The van der Waals surface area contributed by atoms with E-state index in [0.717, 1.165) is 89.7 Å². The van der Waals surface area contributed by atoms with Crippen molar-refractivity contribution in [2.45, 2.75) is 265 Å². The average Bonchev–Trinajstić information content (AvgIpc) is 3.26. The Balaban J connectivity index is 4.69. The Morgan fingerprint density at radius 2 is 0.903 bits per heavy atom. The molecule has 0 aliphatic heterocycles. The van der Waals surface area contributed by atoms with Gasteiger partial charge in [0.2, 0.25) is 0 Å². The molecule has 0 aromatic heterocycles. The van der Waals surface area contributed by atoms with E-state index in [2.05, 4.69) is 48.3 Å². The van der Waals surface area contributed by atoms with Gasteiger partial charge in [0.05, 0.1) is 5.70 Å². The molecule has 1 unspecified atom stereocenters. The summed E-state index contributed by atoms with van der Waals surface area (Å²) < 4.78 is 11.9. The van der Waals surface area contributed by atoms with Crippen molar-refractivity contribution in [2.24, 2.45) is 4.99 Å². The van der Waals surface area contributed by atoms with Gasteiger partial charge in [-0.05, 0) is 96.7 Å². The SMILES string of the molecule is CCCCCCCCC(CC)OC(=O)CCCCCCCN(CCCCCCCC(=O)OC(CCCCCCCC)CCCCCCCC)CCCN/C(C=NC)=C/NN(C)C. The Hall–Kier alpha value is -2.13. The van der Waals surface area contributed by atoms with Crippen molar-refractivity contribution in [2.75, 3.05) is 47.3 Å². The predicted octanol–water partition coefficient (Wildman–Crippen LogP) is 14.0. The zero-order valence-corrected chi connectivity index (χ0v) is 42.4. The van der Waals surface area contributed by atoms with Gasteiger partial charge in [0.1, 0.15) is 12.2 Å². The monoisotopic (exact) mass is 876 g/mol. The molecule has 0 aliphatic rings. The standard InChI is InChI=1S/C53H105N5O4/c1-8-12-15-18-23-30-38-50(11-4)61-52(59)41-33-26-21-28-35-44-58(46-37-43-55-49(47-54-5)48-56-57(6)7)45-36-29-22-27-34-42-53(60)62-51(39-31-24-19-16-13-9-2)40-32-25-20-17-14-10-3/h47-48,50-51,55-56H,8-46H2,1-7H3/b49-48+,54-47?. The molecule has 366 valence electrons. The molecule has 0 aromatic rings.